The quantitative estimate of drug-likeness (QED) is 0.0960. The predicted octanol–water partition coefficient (Wildman–Crippen LogP) is 8.96. The number of imidazole rings is 1. The number of pyridine rings is 1. The van der Waals surface area contributed by atoms with Crippen LogP contribution in [-0.2, 0) is 4.57 Å². The minimum absolute atomic E-state index is 0.770. The Labute approximate surface area is 315 Å². The van der Waals surface area contributed by atoms with Crippen LogP contribution in [0.4, 0.5) is 0 Å². The molecule has 0 aliphatic carbocycles. The molecule has 2 aromatic heterocycles. The van der Waals surface area contributed by atoms with E-state index in [4.69, 9.17) is 4.98 Å². The molecule has 6 heteroatoms. The SMILES string of the molecule is O=P(c1ccccc1)(c1ccccc1)c1ccc2c(c1)nc1c3c4ccccc4ccc3c3ccc(P(=[Se])(c4ccccc4)c4ccccc4)cc3n21. The molecular formula is C47H32N2OP2Se. The molecular weight excluding hydrogens is 749 g/mol. The third-order valence-electron chi connectivity index (χ3n) is 10.5. The van der Waals surface area contributed by atoms with Gasteiger partial charge in [-0.15, -0.1) is 0 Å². The normalized spacial score (nSPS) is 12.3. The van der Waals surface area contributed by atoms with Crippen molar-refractivity contribution in [3.63, 3.8) is 0 Å². The van der Waals surface area contributed by atoms with E-state index < -0.39 is 12.7 Å². The second-order valence-electron chi connectivity index (χ2n) is 13.4. The van der Waals surface area contributed by atoms with Crippen molar-refractivity contribution in [3.05, 3.63) is 194 Å². The molecule has 8 aromatic carbocycles. The zero-order chi connectivity index (χ0) is 35.6. The van der Waals surface area contributed by atoms with Gasteiger partial charge in [0.2, 0.25) is 0 Å². The summed E-state index contributed by atoms with van der Waals surface area (Å²) < 4.78 is 17.8. The number of fused-ring (bicyclic) bond motifs is 10. The molecule has 0 unspecified atom stereocenters. The molecule has 0 radical (unpaired) electrons. The third kappa shape index (κ3) is 4.99. The topological polar surface area (TPSA) is 34.4 Å². The van der Waals surface area contributed by atoms with Crippen LogP contribution < -0.4 is 31.8 Å². The molecule has 2 heterocycles. The van der Waals surface area contributed by atoms with Crippen molar-refractivity contribution in [2.45, 2.75) is 0 Å². The summed E-state index contributed by atoms with van der Waals surface area (Å²) in [6.07, 6.45) is 0. The average Bonchev–Trinajstić information content (AvgIpc) is 3.63. The van der Waals surface area contributed by atoms with E-state index in [1.165, 1.54) is 21.3 Å². The van der Waals surface area contributed by atoms with E-state index in [0.29, 0.717) is 0 Å². The van der Waals surface area contributed by atoms with Crippen LogP contribution in [0.25, 0.3) is 49.1 Å². The Morgan fingerprint density at radius 1 is 0.434 bits per heavy atom. The summed E-state index contributed by atoms with van der Waals surface area (Å²) in [7, 11) is -3.21. The predicted molar refractivity (Wildman–Crippen MR) is 229 cm³/mol. The maximum absolute atomic E-state index is 15.5. The van der Waals surface area contributed by atoms with E-state index in [1.54, 1.807) is 0 Å². The van der Waals surface area contributed by atoms with Crippen LogP contribution in [0.2, 0.25) is 0 Å². The number of benzene rings is 8. The first-order valence-corrected chi connectivity index (χ1v) is 23.4. The molecule has 10 rings (SSSR count). The van der Waals surface area contributed by atoms with Crippen LogP contribution in [-0.4, -0.2) is 24.5 Å². The van der Waals surface area contributed by atoms with Gasteiger partial charge in [-0.2, -0.15) is 0 Å². The number of nitrogens with zero attached hydrogens (tertiary/aromatic N) is 2. The van der Waals surface area contributed by atoms with Crippen LogP contribution >= 0.6 is 12.7 Å². The summed E-state index contributed by atoms with van der Waals surface area (Å²) in [5.74, 6) is 0. The van der Waals surface area contributed by atoms with Gasteiger partial charge in [-0.05, 0) is 0 Å². The Morgan fingerprint density at radius 3 is 1.58 bits per heavy atom. The van der Waals surface area contributed by atoms with Crippen molar-refractivity contribution in [1.82, 2.24) is 9.38 Å². The molecule has 3 nitrogen and oxygen atoms in total. The Hall–Kier alpha value is -5.33. The number of aromatic nitrogens is 2. The molecule has 10 aromatic rings. The molecule has 0 amide bonds. The standard InChI is InChI=1S/C47H32N2OP2Se/c50-51(34-16-5-1-6-17-34,35-18-7-2-8-19-35)38-27-30-44-43(31-38)48-47-46-40-24-14-13-15-33(40)25-28-42(46)41-29-26-39(32-45(41)49(44)47)52(53,36-20-9-3-10-21-36)37-22-11-4-12-23-37/h1-32H. The fourth-order valence-electron chi connectivity index (χ4n) is 7.99. The van der Waals surface area contributed by atoms with Gasteiger partial charge in [-0.1, -0.05) is 36.4 Å². The van der Waals surface area contributed by atoms with Crippen LogP contribution in [0, 0.1) is 0 Å². The first kappa shape index (κ1) is 32.3. The van der Waals surface area contributed by atoms with E-state index in [2.05, 4.69) is 153 Å². The Morgan fingerprint density at radius 2 is 0.962 bits per heavy atom. The van der Waals surface area contributed by atoms with Gasteiger partial charge in [0.05, 0.1) is 0 Å². The van der Waals surface area contributed by atoms with Crippen molar-refractivity contribution in [2.75, 3.05) is 0 Å². The fraction of sp³-hybridized carbons (Fsp3) is 0. The van der Waals surface area contributed by atoms with Gasteiger partial charge in [-0.25, -0.2) is 0 Å². The van der Waals surface area contributed by atoms with E-state index in [-0.39, 0.29) is 0 Å². The number of hydrogen-bond acceptors (Lipinski definition) is 2. The summed E-state index contributed by atoms with van der Waals surface area (Å²) in [5.41, 5.74) is 1.64. The van der Waals surface area contributed by atoms with Crippen LogP contribution in [0.1, 0.15) is 0 Å². The number of rotatable bonds is 6. The summed E-state index contributed by atoms with van der Waals surface area (Å²) in [4.78, 5) is 5.46. The molecule has 0 aliphatic rings. The first-order chi connectivity index (χ1) is 26.0. The monoisotopic (exact) mass is 782 g/mol. The van der Waals surface area contributed by atoms with Crippen molar-refractivity contribution in [2.24, 2.45) is 0 Å². The van der Waals surface area contributed by atoms with Gasteiger partial charge < -0.3 is 0 Å². The Kier molecular flexibility index (Phi) is 7.73. The summed E-state index contributed by atoms with van der Waals surface area (Å²) in [6.45, 7) is 0. The second kappa shape index (κ2) is 12.7. The summed E-state index contributed by atoms with van der Waals surface area (Å²) in [6, 6.07) is 67.7. The van der Waals surface area contributed by atoms with Crippen LogP contribution in [0.3, 0.4) is 0 Å². The van der Waals surface area contributed by atoms with Gasteiger partial charge in [0.1, 0.15) is 0 Å². The maximum atomic E-state index is 15.5. The van der Waals surface area contributed by atoms with E-state index in [9.17, 15) is 0 Å². The van der Waals surface area contributed by atoms with Crippen molar-refractivity contribution in [1.29, 1.82) is 0 Å². The Bertz CT molecular complexity index is 3020. The molecule has 53 heavy (non-hydrogen) atoms. The minimum atomic E-state index is -3.21. The zero-order valence-corrected chi connectivity index (χ0v) is 32.1. The molecule has 0 fully saturated rings. The van der Waals surface area contributed by atoms with Gasteiger partial charge in [0.25, 0.3) is 0 Å². The Balaban J connectivity index is 1.32. The van der Waals surface area contributed by atoms with Gasteiger partial charge >= 0.3 is 280 Å². The van der Waals surface area contributed by atoms with Crippen LogP contribution in [0.15, 0.2) is 194 Å². The molecule has 0 saturated carbocycles. The fourth-order valence-corrected chi connectivity index (χ4v) is 15.6. The number of hydrogen-bond donors (Lipinski definition) is 0. The molecule has 0 spiro atoms. The molecule has 252 valence electrons. The van der Waals surface area contributed by atoms with Gasteiger partial charge in [-0.3, -0.25) is 0 Å². The third-order valence-corrected chi connectivity index (χ3v) is 20.6. The van der Waals surface area contributed by atoms with E-state index in [0.717, 1.165) is 59.7 Å². The molecule has 0 saturated heterocycles. The van der Waals surface area contributed by atoms with Crippen molar-refractivity contribution < 1.29 is 4.57 Å². The van der Waals surface area contributed by atoms with Crippen LogP contribution in [0.5, 0.6) is 0 Å². The van der Waals surface area contributed by atoms with E-state index in [1.807, 2.05) is 60.7 Å². The zero-order valence-electron chi connectivity index (χ0n) is 28.6. The summed E-state index contributed by atoms with van der Waals surface area (Å²) in [5, 5.41) is 12.0. The van der Waals surface area contributed by atoms with Gasteiger partial charge in [0.15, 0.2) is 0 Å². The van der Waals surface area contributed by atoms with E-state index >= 15 is 4.57 Å². The van der Waals surface area contributed by atoms with Crippen molar-refractivity contribution in [3.8, 4) is 0 Å². The van der Waals surface area contributed by atoms with Gasteiger partial charge in [0, 0.05) is 0 Å². The molecule has 0 atom stereocenters. The molecule has 0 N–H and O–H groups in total. The van der Waals surface area contributed by atoms with Crippen molar-refractivity contribution >= 4 is 109 Å². The first-order valence-electron chi connectivity index (χ1n) is 17.7. The molecule has 0 bridgehead atoms. The molecule has 0 aliphatic heterocycles. The second-order valence-corrected chi connectivity index (χ2v) is 22.4. The summed E-state index contributed by atoms with van der Waals surface area (Å²) >= 11 is 3.75. The average molecular weight is 782 g/mol.